The average molecular weight is 350 g/mol. The number of carbonyl (C=O) groups excluding carboxylic acids is 1. The number of nitrogens with one attached hydrogen (secondary N) is 1. The van der Waals surface area contributed by atoms with E-state index in [9.17, 15) is 9.59 Å². The van der Waals surface area contributed by atoms with E-state index < -0.39 is 0 Å². The van der Waals surface area contributed by atoms with Crippen molar-refractivity contribution < 1.29 is 4.79 Å². The minimum atomic E-state index is -0.131. The Kier molecular flexibility index (Phi) is 5.98. The predicted octanol–water partition coefficient (Wildman–Crippen LogP) is 3.00. The molecule has 1 aromatic rings. The van der Waals surface area contributed by atoms with Gasteiger partial charge in [-0.1, -0.05) is 37.9 Å². The lowest BCUT2D eigenvalue weighted by Crippen LogP contribution is -2.50. The van der Waals surface area contributed by atoms with E-state index in [1.807, 2.05) is 0 Å². The molecule has 2 heterocycles. The standard InChI is InChI=1S/C18H27N3O2S/c1-2-6-14-11-16(22)20-18(19-14)24-12-17(23)21-10-5-8-13-7-3-4-9-15(13)21/h11,13,15H,2-10,12H2,1H3,(H,19,20,22)/t13-,15+/m1/s1. The Labute approximate surface area is 147 Å². The van der Waals surface area contributed by atoms with Crippen LogP contribution in [0.3, 0.4) is 0 Å². The summed E-state index contributed by atoms with van der Waals surface area (Å²) >= 11 is 1.36. The van der Waals surface area contributed by atoms with Crippen LogP contribution >= 0.6 is 11.8 Å². The smallest absolute Gasteiger partial charge is 0.251 e. The van der Waals surface area contributed by atoms with Gasteiger partial charge in [-0.2, -0.15) is 0 Å². The molecule has 0 radical (unpaired) electrons. The highest BCUT2D eigenvalue weighted by atomic mass is 32.2. The second-order valence-corrected chi connectivity index (χ2v) is 7.89. The molecule has 24 heavy (non-hydrogen) atoms. The number of thioether (sulfide) groups is 1. The molecule has 1 N–H and O–H groups in total. The van der Waals surface area contributed by atoms with Gasteiger partial charge in [-0.15, -0.1) is 0 Å². The highest BCUT2D eigenvalue weighted by molar-refractivity contribution is 7.99. The summed E-state index contributed by atoms with van der Waals surface area (Å²) < 4.78 is 0. The lowest BCUT2D eigenvalue weighted by molar-refractivity contribution is -0.134. The molecule has 0 bridgehead atoms. The Balaban J connectivity index is 1.61. The minimum Gasteiger partial charge on any atom is -0.339 e. The fourth-order valence-corrected chi connectivity index (χ4v) is 4.86. The van der Waals surface area contributed by atoms with Gasteiger partial charge < -0.3 is 9.88 Å². The molecule has 3 rings (SSSR count). The third-order valence-corrected chi connectivity index (χ3v) is 6.03. The van der Waals surface area contributed by atoms with Gasteiger partial charge in [0.1, 0.15) is 0 Å². The molecule has 2 atom stereocenters. The minimum absolute atomic E-state index is 0.131. The number of rotatable bonds is 5. The highest BCUT2D eigenvalue weighted by Crippen LogP contribution is 2.35. The van der Waals surface area contributed by atoms with Crippen LogP contribution in [0, 0.1) is 5.92 Å². The molecule has 1 aliphatic heterocycles. The molecular weight excluding hydrogens is 322 g/mol. The number of piperidine rings is 1. The zero-order valence-electron chi connectivity index (χ0n) is 14.4. The van der Waals surface area contributed by atoms with Gasteiger partial charge in [-0.25, -0.2) is 4.98 Å². The zero-order valence-corrected chi connectivity index (χ0v) is 15.2. The monoisotopic (exact) mass is 349 g/mol. The fraction of sp³-hybridized carbons (Fsp3) is 0.722. The van der Waals surface area contributed by atoms with E-state index in [1.54, 1.807) is 6.07 Å². The number of fused-ring (bicyclic) bond motifs is 1. The summed E-state index contributed by atoms with van der Waals surface area (Å²) in [5.74, 6) is 1.26. The van der Waals surface area contributed by atoms with E-state index in [1.165, 1.54) is 37.4 Å². The average Bonchev–Trinajstić information content (AvgIpc) is 2.59. The lowest BCUT2D eigenvalue weighted by atomic mass is 9.78. The number of H-pyrrole nitrogens is 1. The van der Waals surface area contributed by atoms with Gasteiger partial charge >= 0.3 is 0 Å². The molecule has 1 saturated carbocycles. The summed E-state index contributed by atoms with van der Waals surface area (Å²) in [5.41, 5.74) is 0.676. The normalized spacial score (nSPS) is 23.8. The van der Waals surface area contributed by atoms with Crippen LogP contribution in [0.5, 0.6) is 0 Å². The van der Waals surface area contributed by atoms with E-state index in [0.29, 0.717) is 22.9 Å². The number of aromatic nitrogens is 2. The Hall–Kier alpha value is -1.30. The molecule has 1 amide bonds. The molecule has 132 valence electrons. The summed E-state index contributed by atoms with van der Waals surface area (Å²) in [5, 5.41) is 0.566. The largest absolute Gasteiger partial charge is 0.339 e. The van der Waals surface area contributed by atoms with Crippen molar-refractivity contribution in [2.24, 2.45) is 5.92 Å². The van der Waals surface area contributed by atoms with Crippen LogP contribution < -0.4 is 5.56 Å². The van der Waals surface area contributed by atoms with Crippen molar-refractivity contribution in [2.75, 3.05) is 12.3 Å². The summed E-state index contributed by atoms with van der Waals surface area (Å²) in [7, 11) is 0. The molecule has 0 aromatic carbocycles. The van der Waals surface area contributed by atoms with E-state index in [2.05, 4.69) is 21.8 Å². The number of amides is 1. The number of likely N-dealkylation sites (tertiary alicyclic amines) is 1. The van der Waals surface area contributed by atoms with E-state index in [-0.39, 0.29) is 11.5 Å². The molecule has 5 nitrogen and oxygen atoms in total. The van der Waals surface area contributed by atoms with Gasteiger partial charge in [0.05, 0.1) is 5.75 Å². The van der Waals surface area contributed by atoms with Crippen LogP contribution in [0.1, 0.15) is 57.6 Å². The van der Waals surface area contributed by atoms with Gasteiger partial charge in [0.2, 0.25) is 5.91 Å². The Bertz CT molecular complexity index is 629. The number of hydrogen-bond acceptors (Lipinski definition) is 4. The SMILES string of the molecule is CCCc1cc(=O)[nH]c(SCC(=O)N2CCC[C@H]3CCCC[C@@H]32)n1. The second kappa shape index (κ2) is 8.19. The summed E-state index contributed by atoms with van der Waals surface area (Å²) in [6.45, 7) is 2.95. The Morgan fingerprint density at radius 3 is 2.96 bits per heavy atom. The molecule has 2 aliphatic rings. The molecule has 1 aromatic heterocycles. The fourth-order valence-electron chi connectivity index (χ4n) is 4.08. The van der Waals surface area contributed by atoms with Gasteiger partial charge in [0.25, 0.3) is 5.56 Å². The van der Waals surface area contributed by atoms with Crippen molar-refractivity contribution in [1.29, 1.82) is 0 Å². The topological polar surface area (TPSA) is 66.1 Å². The maximum Gasteiger partial charge on any atom is 0.251 e. The first-order chi connectivity index (χ1) is 11.7. The van der Waals surface area contributed by atoms with Crippen molar-refractivity contribution in [3.63, 3.8) is 0 Å². The first kappa shape index (κ1) is 17.5. The predicted molar refractivity (Wildman–Crippen MR) is 96.3 cm³/mol. The molecule has 1 saturated heterocycles. The Morgan fingerprint density at radius 1 is 1.33 bits per heavy atom. The Morgan fingerprint density at radius 2 is 2.12 bits per heavy atom. The van der Waals surface area contributed by atoms with Crippen molar-refractivity contribution in [3.8, 4) is 0 Å². The zero-order chi connectivity index (χ0) is 16.9. The quantitative estimate of drug-likeness (QED) is 0.655. The molecule has 0 unspecified atom stereocenters. The van der Waals surface area contributed by atoms with Gasteiger partial charge in [-0.05, 0) is 38.0 Å². The van der Waals surface area contributed by atoms with Crippen LogP contribution in [0.4, 0.5) is 0 Å². The van der Waals surface area contributed by atoms with Gasteiger partial charge in [0, 0.05) is 24.3 Å². The summed E-state index contributed by atoms with van der Waals surface area (Å²) in [6, 6.07) is 1.99. The number of carbonyl (C=O) groups is 1. The van der Waals surface area contributed by atoms with E-state index in [4.69, 9.17) is 0 Å². The highest BCUT2D eigenvalue weighted by Gasteiger charge is 2.35. The molecular formula is C18H27N3O2S. The first-order valence-electron chi connectivity index (χ1n) is 9.20. The number of aromatic amines is 1. The van der Waals surface area contributed by atoms with Gasteiger partial charge in [0.15, 0.2) is 5.16 Å². The molecule has 1 aliphatic carbocycles. The first-order valence-corrected chi connectivity index (χ1v) is 10.2. The third kappa shape index (κ3) is 4.21. The van der Waals surface area contributed by atoms with Crippen molar-refractivity contribution in [2.45, 2.75) is 69.5 Å². The molecule has 6 heteroatoms. The molecule has 0 spiro atoms. The summed E-state index contributed by atoms with van der Waals surface area (Å²) in [4.78, 5) is 33.7. The van der Waals surface area contributed by atoms with Crippen LogP contribution in [0.15, 0.2) is 16.0 Å². The van der Waals surface area contributed by atoms with Crippen molar-refractivity contribution >= 4 is 17.7 Å². The number of nitrogens with zero attached hydrogens (tertiary/aromatic N) is 2. The maximum atomic E-state index is 12.7. The van der Waals surface area contributed by atoms with Gasteiger partial charge in [-0.3, -0.25) is 9.59 Å². The maximum absolute atomic E-state index is 12.7. The van der Waals surface area contributed by atoms with E-state index >= 15 is 0 Å². The van der Waals surface area contributed by atoms with Crippen LogP contribution in [0.2, 0.25) is 0 Å². The third-order valence-electron chi connectivity index (χ3n) is 5.18. The summed E-state index contributed by atoms with van der Waals surface area (Å²) in [6.07, 6.45) is 9.13. The lowest BCUT2D eigenvalue weighted by Gasteiger charge is -2.44. The number of hydrogen-bond donors (Lipinski definition) is 1. The van der Waals surface area contributed by atoms with Crippen molar-refractivity contribution in [1.82, 2.24) is 14.9 Å². The second-order valence-electron chi connectivity index (χ2n) is 6.92. The van der Waals surface area contributed by atoms with E-state index in [0.717, 1.165) is 37.9 Å². The van der Waals surface area contributed by atoms with Crippen LogP contribution in [-0.2, 0) is 11.2 Å². The van der Waals surface area contributed by atoms with Crippen molar-refractivity contribution in [3.05, 3.63) is 22.1 Å². The van der Waals surface area contributed by atoms with Crippen LogP contribution in [0.25, 0.3) is 0 Å². The molecule has 2 fully saturated rings. The van der Waals surface area contributed by atoms with Crippen LogP contribution in [-0.4, -0.2) is 39.1 Å². The number of aryl methyl sites for hydroxylation is 1.